The van der Waals surface area contributed by atoms with Gasteiger partial charge >= 0.3 is 5.97 Å². The van der Waals surface area contributed by atoms with Crippen molar-refractivity contribution in [3.05, 3.63) is 57.9 Å². The van der Waals surface area contributed by atoms with Crippen LogP contribution in [0.4, 0.5) is 0 Å². The summed E-state index contributed by atoms with van der Waals surface area (Å²) in [5, 5.41) is 0.581. The third-order valence-corrected chi connectivity index (χ3v) is 7.09. The van der Waals surface area contributed by atoms with Crippen LogP contribution in [0.15, 0.2) is 30.3 Å². The molecule has 1 amide bonds. The van der Waals surface area contributed by atoms with Crippen molar-refractivity contribution >= 4 is 29.3 Å². The molecule has 0 unspecified atom stereocenters. The SMILES string of the molecule is Cc1cc(C(=O)COC(=O)C2CCN(C(=O)c3ccc(Cl)cc3)CC2)c(C)n1C[C@H]1CCCO1. The van der Waals surface area contributed by atoms with Gasteiger partial charge in [-0.2, -0.15) is 0 Å². The molecule has 2 fully saturated rings. The van der Waals surface area contributed by atoms with Crippen LogP contribution in [0.2, 0.25) is 5.02 Å². The molecule has 3 heterocycles. The fraction of sp³-hybridized carbons (Fsp3) is 0.500. The normalized spacial score (nSPS) is 18.8. The molecular formula is C26H31ClN2O5. The summed E-state index contributed by atoms with van der Waals surface area (Å²) in [7, 11) is 0. The number of hydrogen-bond acceptors (Lipinski definition) is 5. The summed E-state index contributed by atoms with van der Waals surface area (Å²) in [5.74, 6) is -0.957. The number of likely N-dealkylation sites (tertiary alicyclic amines) is 1. The largest absolute Gasteiger partial charge is 0.457 e. The van der Waals surface area contributed by atoms with Crippen molar-refractivity contribution in [3.63, 3.8) is 0 Å². The summed E-state index contributed by atoms with van der Waals surface area (Å²) < 4.78 is 13.2. The van der Waals surface area contributed by atoms with Crippen LogP contribution in [0.25, 0.3) is 0 Å². The highest BCUT2D eigenvalue weighted by atomic mass is 35.5. The van der Waals surface area contributed by atoms with E-state index in [0.717, 1.165) is 37.4 Å². The molecule has 1 aromatic heterocycles. The Morgan fingerprint density at radius 3 is 2.44 bits per heavy atom. The standard InChI is InChI=1S/C26H31ClN2O5/c1-17-14-23(18(2)29(17)15-22-4-3-13-33-22)24(30)16-34-26(32)20-9-11-28(12-10-20)25(31)19-5-7-21(27)8-6-19/h5-8,14,20,22H,3-4,9-13,15-16H2,1-2H3/t22-/m1/s1. The molecule has 0 N–H and O–H groups in total. The van der Waals surface area contributed by atoms with Crippen molar-refractivity contribution in [1.29, 1.82) is 0 Å². The molecule has 34 heavy (non-hydrogen) atoms. The number of carbonyl (C=O) groups excluding carboxylic acids is 3. The van der Waals surface area contributed by atoms with Gasteiger partial charge in [-0.15, -0.1) is 0 Å². The van der Waals surface area contributed by atoms with E-state index in [-0.39, 0.29) is 36.3 Å². The van der Waals surface area contributed by atoms with E-state index in [0.29, 0.717) is 42.1 Å². The molecule has 0 spiro atoms. The molecule has 1 atom stereocenters. The van der Waals surface area contributed by atoms with E-state index in [1.165, 1.54) is 0 Å². The molecule has 0 radical (unpaired) electrons. The fourth-order valence-corrected chi connectivity index (χ4v) is 4.91. The summed E-state index contributed by atoms with van der Waals surface area (Å²) in [5.41, 5.74) is 3.04. The monoisotopic (exact) mass is 486 g/mol. The molecule has 2 aromatic rings. The lowest BCUT2D eigenvalue weighted by atomic mass is 9.96. The first-order valence-electron chi connectivity index (χ1n) is 11.9. The van der Waals surface area contributed by atoms with Gasteiger partial charge in [-0.3, -0.25) is 14.4 Å². The number of amides is 1. The number of benzene rings is 1. The van der Waals surface area contributed by atoms with Crippen LogP contribution in [-0.2, 0) is 20.8 Å². The molecule has 0 aliphatic carbocycles. The maximum atomic E-state index is 12.8. The Kier molecular flexibility index (Phi) is 7.73. The molecule has 0 bridgehead atoms. The summed E-state index contributed by atoms with van der Waals surface area (Å²) in [6.07, 6.45) is 3.31. The van der Waals surface area contributed by atoms with Crippen molar-refractivity contribution in [1.82, 2.24) is 9.47 Å². The third-order valence-electron chi connectivity index (χ3n) is 6.84. The van der Waals surface area contributed by atoms with Gasteiger partial charge in [-0.05, 0) is 69.9 Å². The third kappa shape index (κ3) is 5.53. The van der Waals surface area contributed by atoms with Crippen molar-refractivity contribution in [3.8, 4) is 0 Å². The number of hydrogen-bond donors (Lipinski definition) is 0. The van der Waals surface area contributed by atoms with Crippen LogP contribution in [0.1, 0.15) is 57.8 Å². The second kappa shape index (κ2) is 10.7. The molecular weight excluding hydrogens is 456 g/mol. The summed E-state index contributed by atoms with van der Waals surface area (Å²) in [6.45, 7) is 6.10. The molecule has 2 aliphatic heterocycles. The quantitative estimate of drug-likeness (QED) is 0.432. The van der Waals surface area contributed by atoms with Crippen molar-refractivity contribution in [2.24, 2.45) is 5.92 Å². The molecule has 182 valence electrons. The Labute approximate surface area is 205 Å². The first-order valence-corrected chi connectivity index (χ1v) is 12.2. The predicted octanol–water partition coefficient (Wildman–Crippen LogP) is 4.22. The second-order valence-corrected chi connectivity index (χ2v) is 9.57. The number of ether oxygens (including phenoxy) is 2. The molecule has 8 heteroatoms. The molecule has 1 aromatic carbocycles. The highest BCUT2D eigenvalue weighted by Gasteiger charge is 2.29. The zero-order valence-electron chi connectivity index (χ0n) is 19.7. The number of esters is 1. The number of carbonyl (C=O) groups is 3. The zero-order chi connectivity index (χ0) is 24.2. The van der Waals surface area contributed by atoms with Gasteiger partial charge in [0.05, 0.1) is 12.0 Å². The molecule has 7 nitrogen and oxygen atoms in total. The molecule has 0 saturated carbocycles. The van der Waals surface area contributed by atoms with E-state index in [1.54, 1.807) is 29.2 Å². The van der Waals surface area contributed by atoms with E-state index in [2.05, 4.69) is 4.57 Å². The molecule has 2 saturated heterocycles. The number of halogens is 1. The van der Waals surface area contributed by atoms with Crippen LogP contribution < -0.4 is 0 Å². The Bertz CT molecular complexity index is 1050. The van der Waals surface area contributed by atoms with E-state index in [4.69, 9.17) is 21.1 Å². The number of piperidine rings is 1. The van der Waals surface area contributed by atoms with E-state index in [9.17, 15) is 14.4 Å². The van der Waals surface area contributed by atoms with E-state index < -0.39 is 0 Å². The summed E-state index contributed by atoms with van der Waals surface area (Å²) >= 11 is 5.89. The smallest absolute Gasteiger partial charge is 0.309 e. The van der Waals surface area contributed by atoms with Crippen molar-refractivity contribution in [2.75, 3.05) is 26.3 Å². The first kappa shape index (κ1) is 24.5. The number of ketones is 1. The lowest BCUT2D eigenvalue weighted by Crippen LogP contribution is -2.40. The van der Waals surface area contributed by atoms with Crippen LogP contribution in [-0.4, -0.2) is 59.5 Å². The second-order valence-electron chi connectivity index (χ2n) is 9.13. The van der Waals surface area contributed by atoms with Crippen molar-refractivity contribution in [2.45, 2.75) is 52.2 Å². The number of Topliss-reactive ketones (excluding diaryl/α,β-unsaturated/α-hetero) is 1. The fourth-order valence-electron chi connectivity index (χ4n) is 4.78. The maximum absolute atomic E-state index is 12.8. The van der Waals surface area contributed by atoms with Gasteiger partial charge in [0, 0.05) is 53.8 Å². The van der Waals surface area contributed by atoms with Gasteiger partial charge in [0.1, 0.15) is 0 Å². The molecule has 2 aliphatic rings. The average molecular weight is 487 g/mol. The number of rotatable bonds is 7. The van der Waals surface area contributed by atoms with Crippen LogP contribution in [0.5, 0.6) is 0 Å². The van der Waals surface area contributed by atoms with Gasteiger partial charge in [0.15, 0.2) is 6.61 Å². The summed E-state index contributed by atoms with van der Waals surface area (Å²) in [4.78, 5) is 39.8. The lowest BCUT2D eigenvalue weighted by molar-refractivity contribution is -0.148. The minimum atomic E-state index is -0.375. The Hall–Kier alpha value is -2.64. The zero-order valence-corrected chi connectivity index (χ0v) is 20.5. The first-order chi connectivity index (χ1) is 16.3. The van der Waals surface area contributed by atoms with E-state index >= 15 is 0 Å². The number of aryl methyl sites for hydroxylation is 1. The van der Waals surface area contributed by atoms with Gasteiger partial charge in [0.25, 0.3) is 5.91 Å². The lowest BCUT2D eigenvalue weighted by Gasteiger charge is -2.31. The predicted molar refractivity (Wildman–Crippen MR) is 128 cm³/mol. The number of aromatic nitrogens is 1. The Morgan fingerprint density at radius 2 is 1.79 bits per heavy atom. The van der Waals surface area contributed by atoms with Crippen LogP contribution >= 0.6 is 11.6 Å². The highest BCUT2D eigenvalue weighted by Crippen LogP contribution is 2.23. The van der Waals surface area contributed by atoms with Crippen molar-refractivity contribution < 1.29 is 23.9 Å². The minimum Gasteiger partial charge on any atom is -0.457 e. The maximum Gasteiger partial charge on any atom is 0.309 e. The van der Waals surface area contributed by atoms with Gasteiger partial charge in [-0.1, -0.05) is 11.6 Å². The van der Waals surface area contributed by atoms with Crippen LogP contribution in [0.3, 0.4) is 0 Å². The number of nitrogens with zero attached hydrogens (tertiary/aromatic N) is 2. The topological polar surface area (TPSA) is 77.8 Å². The Balaban J connectivity index is 1.27. The minimum absolute atomic E-state index is 0.0722. The van der Waals surface area contributed by atoms with Gasteiger partial charge < -0.3 is 18.9 Å². The Morgan fingerprint density at radius 1 is 1.09 bits per heavy atom. The van der Waals surface area contributed by atoms with E-state index in [1.807, 2.05) is 19.9 Å². The molecule has 4 rings (SSSR count). The summed E-state index contributed by atoms with van der Waals surface area (Å²) in [6, 6.07) is 8.65. The highest BCUT2D eigenvalue weighted by molar-refractivity contribution is 6.30. The van der Waals surface area contributed by atoms with Gasteiger partial charge in [-0.25, -0.2) is 0 Å². The van der Waals surface area contributed by atoms with Crippen LogP contribution in [0, 0.1) is 19.8 Å². The van der Waals surface area contributed by atoms with Gasteiger partial charge in [0.2, 0.25) is 5.78 Å². The average Bonchev–Trinajstić information content (AvgIpc) is 3.46.